The second-order valence-corrected chi connectivity index (χ2v) is 5.09. The molecule has 17 heavy (non-hydrogen) atoms. The van der Waals surface area contributed by atoms with E-state index in [1.54, 1.807) is 0 Å². The van der Waals surface area contributed by atoms with E-state index in [9.17, 15) is 0 Å². The zero-order valence-corrected chi connectivity index (χ0v) is 10.1. The average Bonchev–Trinajstić information content (AvgIpc) is 2.71. The molecule has 0 amide bonds. The van der Waals surface area contributed by atoms with Gasteiger partial charge in [-0.1, -0.05) is 18.6 Å². The standard InChI is InChI=1S/C14H20N2O/c15-12-5-1-2-6-14(12)16-8-9-17-10-11-4-3-7-13(11)16/h1-2,5-6,11,13H,3-4,7-10,15H2. The zero-order chi connectivity index (χ0) is 11.7. The Bertz CT molecular complexity index is 394. The third-order valence-electron chi connectivity index (χ3n) is 4.07. The van der Waals surface area contributed by atoms with Crippen LogP contribution in [0.3, 0.4) is 0 Å². The summed E-state index contributed by atoms with van der Waals surface area (Å²) in [6.07, 6.45) is 3.90. The summed E-state index contributed by atoms with van der Waals surface area (Å²) in [6, 6.07) is 8.82. The maximum Gasteiger partial charge on any atom is 0.0641 e. The fourth-order valence-corrected chi connectivity index (χ4v) is 3.23. The third kappa shape index (κ3) is 2.00. The summed E-state index contributed by atoms with van der Waals surface area (Å²) in [5.41, 5.74) is 8.18. The molecule has 2 atom stereocenters. The highest BCUT2D eigenvalue weighted by Gasteiger charge is 2.34. The molecule has 2 unspecified atom stereocenters. The highest BCUT2D eigenvalue weighted by atomic mass is 16.5. The summed E-state index contributed by atoms with van der Waals surface area (Å²) in [6.45, 7) is 2.71. The molecule has 2 aliphatic rings. The number of ether oxygens (including phenoxy) is 1. The predicted octanol–water partition coefficient (Wildman–Crippen LogP) is 2.27. The summed E-state index contributed by atoms with van der Waals surface area (Å²) < 4.78 is 5.72. The molecule has 1 saturated heterocycles. The van der Waals surface area contributed by atoms with E-state index < -0.39 is 0 Å². The lowest BCUT2D eigenvalue weighted by atomic mass is 10.0. The van der Waals surface area contributed by atoms with Gasteiger partial charge in [-0.2, -0.15) is 0 Å². The van der Waals surface area contributed by atoms with E-state index in [4.69, 9.17) is 10.5 Å². The van der Waals surface area contributed by atoms with Gasteiger partial charge in [0.2, 0.25) is 0 Å². The first-order chi connectivity index (χ1) is 8.36. The molecule has 3 heteroatoms. The van der Waals surface area contributed by atoms with Gasteiger partial charge in [0.25, 0.3) is 0 Å². The Morgan fingerprint density at radius 1 is 1.24 bits per heavy atom. The molecular weight excluding hydrogens is 212 g/mol. The minimum Gasteiger partial charge on any atom is -0.397 e. The third-order valence-corrected chi connectivity index (χ3v) is 4.07. The average molecular weight is 232 g/mol. The summed E-state index contributed by atoms with van der Waals surface area (Å²) in [5, 5.41) is 0. The number of nitrogens with two attached hydrogens (primary N) is 1. The first kappa shape index (κ1) is 10.9. The number of rotatable bonds is 1. The molecule has 2 fully saturated rings. The first-order valence-electron chi connectivity index (χ1n) is 6.55. The second kappa shape index (κ2) is 4.57. The van der Waals surface area contributed by atoms with Crippen molar-refractivity contribution in [2.75, 3.05) is 30.4 Å². The van der Waals surface area contributed by atoms with Gasteiger partial charge in [-0.25, -0.2) is 0 Å². The molecule has 0 aromatic heterocycles. The van der Waals surface area contributed by atoms with E-state index in [1.807, 2.05) is 12.1 Å². The van der Waals surface area contributed by atoms with Crippen molar-refractivity contribution in [3.05, 3.63) is 24.3 Å². The molecule has 0 spiro atoms. The van der Waals surface area contributed by atoms with E-state index in [0.29, 0.717) is 12.0 Å². The lowest BCUT2D eigenvalue weighted by Crippen LogP contribution is -2.38. The van der Waals surface area contributed by atoms with Crippen molar-refractivity contribution < 1.29 is 4.74 Å². The van der Waals surface area contributed by atoms with E-state index in [0.717, 1.165) is 25.4 Å². The fourth-order valence-electron chi connectivity index (χ4n) is 3.23. The van der Waals surface area contributed by atoms with Gasteiger partial charge >= 0.3 is 0 Å². The van der Waals surface area contributed by atoms with Gasteiger partial charge in [-0.05, 0) is 25.0 Å². The number of benzene rings is 1. The van der Waals surface area contributed by atoms with Crippen LogP contribution in [-0.2, 0) is 4.74 Å². The van der Waals surface area contributed by atoms with Gasteiger partial charge in [0.05, 0.1) is 24.6 Å². The Morgan fingerprint density at radius 2 is 2.12 bits per heavy atom. The van der Waals surface area contributed by atoms with Crippen LogP contribution in [0.5, 0.6) is 0 Å². The van der Waals surface area contributed by atoms with Crippen molar-refractivity contribution in [2.24, 2.45) is 5.92 Å². The zero-order valence-electron chi connectivity index (χ0n) is 10.1. The van der Waals surface area contributed by atoms with Gasteiger partial charge in [0.1, 0.15) is 0 Å². The van der Waals surface area contributed by atoms with E-state index in [2.05, 4.69) is 17.0 Å². The molecule has 3 rings (SSSR count). The van der Waals surface area contributed by atoms with Crippen LogP contribution in [0.25, 0.3) is 0 Å². The Kier molecular flexibility index (Phi) is 2.93. The van der Waals surface area contributed by atoms with Crippen molar-refractivity contribution in [2.45, 2.75) is 25.3 Å². The molecule has 1 aromatic carbocycles. The van der Waals surface area contributed by atoms with Crippen LogP contribution >= 0.6 is 0 Å². The van der Waals surface area contributed by atoms with Crippen LogP contribution in [0.2, 0.25) is 0 Å². The molecule has 1 heterocycles. The summed E-state index contributed by atoms with van der Waals surface area (Å²) >= 11 is 0. The molecule has 1 aromatic rings. The molecule has 1 aliphatic heterocycles. The smallest absolute Gasteiger partial charge is 0.0641 e. The van der Waals surface area contributed by atoms with Gasteiger partial charge < -0.3 is 15.4 Å². The van der Waals surface area contributed by atoms with Gasteiger partial charge in [-0.15, -0.1) is 0 Å². The highest BCUT2D eigenvalue weighted by Crippen LogP contribution is 2.36. The Hall–Kier alpha value is -1.22. The summed E-state index contributed by atoms with van der Waals surface area (Å²) in [7, 11) is 0. The van der Waals surface area contributed by atoms with Gasteiger partial charge in [-0.3, -0.25) is 0 Å². The van der Waals surface area contributed by atoms with Crippen LogP contribution in [0, 0.1) is 5.92 Å². The topological polar surface area (TPSA) is 38.5 Å². The van der Waals surface area contributed by atoms with Gasteiger partial charge in [0, 0.05) is 18.5 Å². The van der Waals surface area contributed by atoms with E-state index in [-0.39, 0.29) is 0 Å². The van der Waals surface area contributed by atoms with Crippen molar-refractivity contribution >= 4 is 11.4 Å². The van der Waals surface area contributed by atoms with Crippen LogP contribution < -0.4 is 10.6 Å². The monoisotopic (exact) mass is 232 g/mol. The number of hydrogen-bond donors (Lipinski definition) is 1. The normalized spacial score (nSPS) is 28.8. The predicted molar refractivity (Wildman–Crippen MR) is 70.1 cm³/mol. The molecule has 2 N–H and O–H groups in total. The number of para-hydroxylation sites is 2. The highest BCUT2D eigenvalue weighted by molar-refractivity contribution is 5.68. The van der Waals surface area contributed by atoms with Crippen molar-refractivity contribution in [1.29, 1.82) is 0 Å². The number of hydrogen-bond acceptors (Lipinski definition) is 3. The minimum absolute atomic E-state index is 0.627. The molecule has 0 bridgehead atoms. The first-order valence-corrected chi connectivity index (χ1v) is 6.55. The van der Waals surface area contributed by atoms with Crippen LogP contribution in [0.4, 0.5) is 11.4 Å². The Balaban J connectivity index is 1.92. The minimum atomic E-state index is 0.627. The molecule has 1 saturated carbocycles. The number of nitrogens with zero attached hydrogens (tertiary/aromatic N) is 1. The van der Waals surface area contributed by atoms with Crippen molar-refractivity contribution in [3.8, 4) is 0 Å². The molecular formula is C14H20N2O. The molecule has 92 valence electrons. The van der Waals surface area contributed by atoms with E-state index >= 15 is 0 Å². The van der Waals surface area contributed by atoms with Crippen LogP contribution in [0.1, 0.15) is 19.3 Å². The number of fused-ring (bicyclic) bond motifs is 1. The quantitative estimate of drug-likeness (QED) is 0.755. The number of nitrogen functional groups attached to an aromatic ring is 1. The SMILES string of the molecule is Nc1ccccc1N1CCOCC2CCCC21. The Morgan fingerprint density at radius 3 is 3.00 bits per heavy atom. The lowest BCUT2D eigenvalue weighted by Gasteiger charge is -2.32. The summed E-state index contributed by atoms with van der Waals surface area (Å²) in [4.78, 5) is 2.47. The molecule has 0 radical (unpaired) electrons. The summed E-state index contributed by atoms with van der Waals surface area (Å²) in [5.74, 6) is 0.692. The molecule has 3 nitrogen and oxygen atoms in total. The molecule has 1 aliphatic carbocycles. The van der Waals surface area contributed by atoms with E-state index in [1.165, 1.54) is 24.9 Å². The lowest BCUT2D eigenvalue weighted by molar-refractivity contribution is 0.121. The van der Waals surface area contributed by atoms with Crippen molar-refractivity contribution in [1.82, 2.24) is 0 Å². The van der Waals surface area contributed by atoms with Gasteiger partial charge in [0.15, 0.2) is 0 Å². The van der Waals surface area contributed by atoms with Crippen molar-refractivity contribution in [3.63, 3.8) is 0 Å². The second-order valence-electron chi connectivity index (χ2n) is 5.09. The number of anilines is 2. The van der Waals surface area contributed by atoms with Crippen LogP contribution in [0.15, 0.2) is 24.3 Å². The Labute approximate surface area is 103 Å². The van der Waals surface area contributed by atoms with Crippen LogP contribution in [-0.4, -0.2) is 25.8 Å². The largest absolute Gasteiger partial charge is 0.397 e. The maximum absolute atomic E-state index is 6.10. The maximum atomic E-state index is 6.10. The fraction of sp³-hybridized carbons (Fsp3) is 0.571.